The third-order valence-corrected chi connectivity index (χ3v) is 5.76. The molecule has 0 saturated carbocycles. The van der Waals surface area contributed by atoms with Gasteiger partial charge in [-0.15, -0.1) is 0 Å². The lowest BCUT2D eigenvalue weighted by atomic mass is 10.1. The van der Waals surface area contributed by atoms with E-state index >= 15 is 0 Å². The van der Waals surface area contributed by atoms with Crippen LogP contribution in [0.25, 0.3) is 0 Å². The van der Waals surface area contributed by atoms with E-state index in [1.54, 1.807) is 0 Å². The fourth-order valence-electron chi connectivity index (χ4n) is 2.70. The number of nitro groups is 1. The molecule has 3 rings (SSSR count). The molecule has 0 N–H and O–H groups in total. The summed E-state index contributed by atoms with van der Waals surface area (Å²) in [5.74, 6) is 0.317. The first kappa shape index (κ1) is 17.2. The van der Waals surface area contributed by atoms with Crippen molar-refractivity contribution in [2.75, 3.05) is 13.1 Å². The van der Waals surface area contributed by atoms with Gasteiger partial charge >= 0.3 is 0 Å². The molecule has 9 nitrogen and oxygen atoms in total. The normalized spacial score (nSPS) is 18.6. The minimum atomic E-state index is -3.99. The van der Waals surface area contributed by atoms with Gasteiger partial charge < -0.3 is 4.74 Å². The van der Waals surface area contributed by atoms with Crippen LogP contribution in [0.3, 0.4) is 0 Å². The Labute approximate surface area is 144 Å². The highest BCUT2D eigenvalue weighted by molar-refractivity contribution is 7.89. The maximum Gasteiger partial charge on any atom is 0.289 e. The van der Waals surface area contributed by atoms with Gasteiger partial charge in [-0.3, -0.25) is 15.1 Å². The lowest BCUT2D eigenvalue weighted by Crippen LogP contribution is -2.44. The van der Waals surface area contributed by atoms with Crippen LogP contribution < -0.4 is 4.74 Å². The molecular weight excluding hydrogens is 348 g/mol. The van der Waals surface area contributed by atoms with Crippen molar-refractivity contribution in [3.8, 4) is 5.88 Å². The minimum Gasteiger partial charge on any atom is -0.472 e. The van der Waals surface area contributed by atoms with Crippen LogP contribution in [0.5, 0.6) is 5.88 Å². The quantitative estimate of drug-likeness (QED) is 0.584. The molecule has 1 saturated heterocycles. The molecule has 0 bridgehead atoms. The first-order valence-electron chi connectivity index (χ1n) is 7.65. The lowest BCUT2D eigenvalue weighted by molar-refractivity contribution is -0.387. The molecule has 1 aliphatic rings. The largest absolute Gasteiger partial charge is 0.472 e. The molecule has 1 unspecified atom stereocenters. The highest BCUT2D eigenvalue weighted by atomic mass is 32.2. The summed E-state index contributed by atoms with van der Waals surface area (Å²) >= 11 is 0. The summed E-state index contributed by atoms with van der Waals surface area (Å²) in [6.45, 7) is 0.389. The van der Waals surface area contributed by atoms with E-state index in [0.717, 1.165) is 0 Å². The Morgan fingerprint density at radius 1 is 1.28 bits per heavy atom. The number of nitro benzene ring substituents is 1. The molecule has 0 aliphatic carbocycles. The van der Waals surface area contributed by atoms with Crippen molar-refractivity contribution < 1.29 is 18.1 Å². The van der Waals surface area contributed by atoms with E-state index in [1.807, 2.05) is 0 Å². The van der Waals surface area contributed by atoms with E-state index in [9.17, 15) is 18.5 Å². The van der Waals surface area contributed by atoms with Gasteiger partial charge in [-0.1, -0.05) is 12.1 Å². The zero-order valence-electron chi connectivity index (χ0n) is 13.2. The molecule has 1 aliphatic heterocycles. The van der Waals surface area contributed by atoms with Crippen LogP contribution >= 0.6 is 0 Å². The van der Waals surface area contributed by atoms with Gasteiger partial charge in [0.2, 0.25) is 15.9 Å². The number of hydrogen-bond donors (Lipinski definition) is 0. The van der Waals surface area contributed by atoms with Gasteiger partial charge in [-0.05, 0) is 18.9 Å². The molecule has 2 aromatic rings. The van der Waals surface area contributed by atoms with Gasteiger partial charge in [-0.25, -0.2) is 13.4 Å². The Bertz CT molecular complexity index is 859. The molecule has 0 amide bonds. The third-order valence-electron chi connectivity index (χ3n) is 3.85. The van der Waals surface area contributed by atoms with Crippen molar-refractivity contribution in [2.24, 2.45) is 0 Å². The summed E-state index contributed by atoms with van der Waals surface area (Å²) in [6.07, 6.45) is 5.32. The van der Waals surface area contributed by atoms with Crippen LogP contribution in [0, 0.1) is 10.1 Å². The second-order valence-corrected chi connectivity index (χ2v) is 7.42. The van der Waals surface area contributed by atoms with Crippen LogP contribution in [0.15, 0.2) is 47.8 Å². The van der Waals surface area contributed by atoms with Crippen molar-refractivity contribution in [3.05, 3.63) is 53.0 Å². The van der Waals surface area contributed by atoms with Gasteiger partial charge in [0.15, 0.2) is 4.90 Å². The zero-order valence-corrected chi connectivity index (χ0v) is 14.0. The summed E-state index contributed by atoms with van der Waals surface area (Å²) < 4.78 is 32.6. The van der Waals surface area contributed by atoms with Crippen LogP contribution in [0.1, 0.15) is 12.8 Å². The van der Waals surface area contributed by atoms with Gasteiger partial charge in [-0.2, -0.15) is 4.31 Å². The molecular formula is C15H16N4O5S. The van der Waals surface area contributed by atoms with Crippen LogP contribution in [0.2, 0.25) is 0 Å². The Morgan fingerprint density at radius 3 is 2.80 bits per heavy atom. The van der Waals surface area contributed by atoms with Crippen molar-refractivity contribution in [2.45, 2.75) is 23.8 Å². The first-order chi connectivity index (χ1) is 12.0. The summed E-state index contributed by atoms with van der Waals surface area (Å²) in [5, 5.41) is 11.1. The summed E-state index contributed by atoms with van der Waals surface area (Å²) in [4.78, 5) is 18.1. The lowest BCUT2D eigenvalue weighted by Gasteiger charge is -2.31. The topological polar surface area (TPSA) is 116 Å². The van der Waals surface area contributed by atoms with E-state index in [2.05, 4.69) is 9.97 Å². The number of rotatable bonds is 5. The molecule has 1 atom stereocenters. The number of sulfonamides is 1. The van der Waals surface area contributed by atoms with E-state index in [0.29, 0.717) is 18.7 Å². The van der Waals surface area contributed by atoms with E-state index in [1.165, 1.54) is 47.2 Å². The second-order valence-electron chi connectivity index (χ2n) is 5.51. The fraction of sp³-hybridized carbons (Fsp3) is 0.333. The number of ether oxygens (including phenoxy) is 1. The first-order valence-corrected chi connectivity index (χ1v) is 9.09. The molecule has 1 fully saturated rings. The van der Waals surface area contributed by atoms with E-state index in [-0.39, 0.29) is 24.1 Å². The highest BCUT2D eigenvalue weighted by Crippen LogP contribution is 2.28. The summed E-state index contributed by atoms with van der Waals surface area (Å²) in [5.41, 5.74) is -0.431. The maximum absolute atomic E-state index is 12.8. The van der Waals surface area contributed by atoms with E-state index in [4.69, 9.17) is 4.74 Å². The highest BCUT2D eigenvalue weighted by Gasteiger charge is 2.35. The predicted octanol–water partition coefficient (Wildman–Crippen LogP) is 1.62. The SMILES string of the molecule is O=[N+]([O-])c1ccccc1S(=O)(=O)N1CCCC(Oc2cnccn2)C1. The Kier molecular flexibility index (Phi) is 4.91. The molecule has 25 heavy (non-hydrogen) atoms. The number of hydrogen-bond acceptors (Lipinski definition) is 7. The molecule has 2 heterocycles. The van der Waals surface area contributed by atoms with Gasteiger partial charge in [0.25, 0.3) is 5.69 Å². The predicted molar refractivity (Wildman–Crippen MR) is 87.5 cm³/mol. The third kappa shape index (κ3) is 3.74. The summed E-state index contributed by atoms with van der Waals surface area (Å²) in [7, 11) is -3.99. The zero-order chi connectivity index (χ0) is 17.9. The number of para-hydroxylation sites is 1. The molecule has 0 spiro atoms. The number of aromatic nitrogens is 2. The number of nitrogens with zero attached hydrogens (tertiary/aromatic N) is 4. The van der Waals surface area contributed by atoms with E-state index < -0.39 is 20.6 Å². The smallest absolute Gasteiger partial charge is 0.289 e. The summed E-state index contributed by atoms with van der Waals surface area (Å²) in [6, 6.07) is 5.34. The second kappa shape index (κ2) is 7.11. The Morgan fingerprint density at radius 2 is 2.08 bits per heavy atom. The average Bonchev–Trinajstić information content (AvgIpc) is 2.63. The molecule has 1 aromatic heterocycles. The number of benzene rings is 1. The van der Waals surface area contributed by atoms with Crippen molar-refractivity contribution in [1.29, 1.82) is 0 Å². The van der Waals surface area contributed by atoms with Gasteiger partial charge in [0.1, 0.15) is 6.10 Å². The van der Waals surface area contributed by atoms with Gasteiger partial charge in [0, 0.05) is 25.0 Å². The fourth-order valence-corrected chi connectivity index (χ4v) is 4.37. The minimum absolute atomic E-state index is 0.102. The average molecular weight is 364 g/mol. The monoisotopic (exact) mass is 364 g/mol. The van der Waals surface area contributed by atoms with Crippen molar-refractivity contribution in [1.82, 2.24) is 14.3 Å². The van der Waals surface area contributed by atoms with Crippen LogP contribution in [-0.2, 0) is 10.0 Å². The Balaban J connectivity index is 1.82. The van der Waals surface area contributed by atoms with Crippen molar-refractivity contribution >= 4 is 15.7 Å². The Hall–Kier alpha value is -2.59. The maximum atomic E-state index is 12.8. The molecule has 10 heteroatoms. The van der Waals surface area contributed by atoms with Crippen LogP contribution in [-0.4, -0.2) is 46.8 Å². The van der Waals surface area contributed by atoms with Crippen molar-refractivity contribution in [3.63, 3.8) is 0 Å². The molecule has 132 valence electrons. The standard InChI is InChI=1S/C15H16N4O5S/c20-19(21)13-5-1-2-6-14(13)25(22,23)18-9-3-4-12(11-18)24-15-10-16-7-8-17-15/h1-2,5-8,10,12H,3-4,9,11H2. The molecule has 1 aromatic carbocycles. The van der Waals surface area contributed by atoms with Gasteiger partial charge in [0.05, 0.1) is 17.7 Å². The molecule has 0 radical (unpaired) electrons. The number of piperidine rings is 1. The van der Waals surface area contributed by atoms with Crippen LogP contribution in [0.4, 0.5) is 5.69 Å².